The zero-order valence-electron chi connectivity index (χ0n) is 20.2. The summed E-state index contributed by atoms with van der Waals surface area (Å²) in [5.41, 5.74) is 10.2. The fraction of sp³-hybridized carbons (Fsp3) is 0.423. The lowest BCUT2D eigenvalue weighted by molar-refractivity contribution is -0.196. The predicted molar refractivity (Wildman–Crippen MR) is 132 cm³/mol. The van der Waals surface area contributed by atoms with Crippen LogP contribution in [-0.2, 0) is 9.47 Å². The van der Waals surface area contributed by atoms with Crippen molar-refractivity contribution < 1.29 is 32.2 Å². The van der Waals surface area contributed by atoms with Crippen molar-refractivity contribution in [2.45, 2.75) is 51.4 Å². The number of nitrogens with two attached hydrogens (primary N) is 1. The number of nitrogens with zero attached hydrogens (tertiary/aromatic N) is 1. The minimum atomic E-state index is -4.62. The number of carbonyl (C=O) groups excluding carboxylic acids is 1. The van der Waals surface area contributed by atoms with Gasteiger partial charge in [0.15, 0.2) is 6.10 Å². The van der Waals surface area contributed by atoms with Crippen molar-refractivity contribution in [3.8, 4) is 17.0 Å². The lowest BCUT2D eigenvalue weighted by Gasteiger charge is -2.30. The van der Waals surface area contributed by atoms with Gasteiger partial charge in [0.1, 0.15) is 12.4 Å². The van der Waals surface area contributed by atoms with E-state index in [1.54, 1.807) is 24.3 Å². The first-order valence-corrected chi connectivity index (χ1v) is 12.0. The lowest BCUT2D eigenvalue weighted by Crippen LogP contribution is -2.32. The standard InChI is InChI=1S/C26H30F3N3O4/c1-3-34-13-14-35-20-11-12-21-22(15-20)32(19-5-4-6-19)24(23(21)30)17-7-9-18(10-8-17)31-25(33)36-16(2)26(27,28)29/h7-12,15-16,19H,3-6,13-14,30H2,1-2H3,(H,31,33). The maximum atomic E-state index is 12.6. The van der Waals surface area contributed by atoms with E-state index < -0.39 is 18.4 Å². The van der Waals surface area contributed by atoms with E-state index in [0.717, 1.165) is 54.1 Å². The molecule has 1 aromatic heterocycles. The minimum Gasteiger partial charge on any atom is -0.491 e. The van der Waals surface area contributed by atoms with Gasteiger partial charge in [-0.2, -0.15) is 13.2 Å². The lowest BCUT2D eigenvalue weighted by atomic mass is 9.92. The number of ether oxygens (including phenoxy) is 3. The number of hydrogen-bond acceptors (Lipinski definition) is 5. The maximum Gasteiger partial charge on any atom is 0.425 e. The Morgan fingerprint density at radius 2 is 1.89 bits per heavy atom. The highest BCUT2D eigenvalue weighted by Crippen LogP contribution is 2.45. The van der Waals surface area contributed by atoms with Crippen molar-refractivity contribution in [2.75, 3.05) is 30.9 Å². The largest absolute Gasteiger partial charge is 0.491 e. The van der Waals surface area contributed by atoms with E-state index in [1.807, 2.05) is 25.1 Å². The molecule has 1 saturated carbocycles. The van der Waals surface area contributed by atoms with Crippen LogP contribution in [0.5, 0.6) is 5.75 Å². The third-order valence-corrected chi connectivity index (χ3v) is 6.30. The Balaban J connectivity index is 1.59. The number of nitrogens with one attached hydrogen (secondary N) is 1. The fourth-order valence-corrected chi connectivity index (χ4v) is 4.17. The summed E-state index contributed by atoms with van der Waals surface area (Å²) < 4.78 is 55.8. The molecule has 7 nitrogen and oxygen atoms in total. The van der Waals surface area contributed by atoms with Gasteiger partial charge < -0.3 is 24.5 Å². The van der Waals surface area contributed by atoms with Gasteiger partial charge in [-0.05, 0) is 57.4 Å². The number of alkyl halides is 3. The van der Waals surface area contributed by atoms with Gasteiger partial charge in [0.2, 0.25) is 0 Å². The molecule has 1 atom stereocenters. The average Bonchev–Trinajstić information content (AvgIpc) is 3.07. The molecule has 10 heteroatoms. The van der Waals surface area contributed by atoms with Crippen LogP contribution < -0.4 is 15.8 Å². The Kier molecular flexibility index (Phi) is 7.63. The number of carbonyl (C=O) groups is 1. The number of anilines is 2. The minimum absolute atomic E-state index is 0.301. The maximum absolute atomic E-state index is 12.6. The molecule has 1 aliphatic rings. The van der Waals surface area contributed by atoms with Crippen molar-refractivity contribution in [3.05, 3.63) is 42.5 Å². The molecule has 36 heavy (non-hydrogen) atoms. The van der Waals surface area contributed by atoms with Crippen LogP contribution in [0.3, 0.4) is 0 Å². The first-order valence-electron chi connectivity index (χ1n) is 12.0. The molecular weight excluding hydrogens is 475 g/mol. The second-order valence-corrected chi connectivity index (χ2v) is 8.73. The van der Waals surface area contributed by atoms with Crippen LogP contribution in [0.1, 0.15) is 39.2 Å². The summed E-state index contributed by atoms with van der Waals surface area (Å²) in [5, 5.41) is 3.25. The number of aromatic nitrogens is 1. The molecule has 0 saturated heterocycles. The Bertz CT molecular complexity index is 1200. The second-order valence-electron chi connectivity index (χ2n) is 8.73. The van der Waals surface area contributed by atoms with E-state index in [9.17, 15) is 18.0 Å². The van der Waals surface area contributed by atoms with E-state index >= 15 is 0 Å². The van der Waals surface area contributed by atoms with Crippen molar-refractivity contribution in [1.82, 2.24) is 4.57 Å². The van der Waals surface area contributed by atoms with Crippen LogP contribution in [0.4, 0.5) is 29.3 Å². The molecule has 2 aromatic carbocycles. The highest BCUT2D eigenvalue weighted by atomic mass is 19.4. The van der Waals surface area contributed by atoms with Gasteiger partial charge in [-0.15, -0.1) is 0 Å². The molecule has 194 valence electrons. The number of nitrogen functional groups attached to an aromatic ring is 1. The fourth-order valence-electron chi connectivity index (χ4n) is 4.17. The third-order valence-electron chi connectivity index (χ3n) is 6.30. The molecule has 1 heterocycles. The number of fused-ring (bicyclic) bond motifs is 1. The Morgan fingerprint density at radius 1 is 1.17 bits per heavy atom. The van der Waals surface area contributed by atoms with Crippen molar-refractivity contribution >= 4 is 28.4 Å². The molecule has 3 aromatic rings. The summed E-state index contributed by atoms with van der Waals surface area (Å²) in [4.78, 5) is 11.9. The summed E-state index contributed by atoms with van der Waals surface area (Å²) in [5.74, 6) is 0.734. The summed E-state index contributed by atoms with van der Waals surface area (Å²) in [7, 11) is 0. The molecule has 1 amide bonds. The SMILES string of the molecule is CCOCCOc1ccc2c(N)c(-c3ccc(NC(=O)OC(C)C(F)(F)F)cc3)n(C3CCC3)c2c1. The number of amides is 1. The van der Waals surface area contributed by atoms with E-state index in [4.69, 9.17) is 15.2 Å². The summed E-state index contributed by atoms with van der Waals surface area (Å²) >= 11 is 0. The molecule has 1 unspecified atom stereocenters. The van der Waals surface area contributed by atoms with Gasteiger partial charge in [-0.25, -0.2) is 4.79 Å². The molecule has 0 bridgehead atoms. The summed E-state index contributed by atoms with van der Waals surface area (Å²) in [6, 6.07) is 12.9. The number of halogens is 3. The monoisotopic (exact) mass is 505 g/mol. The van der Waals surface area contributed by atoms with E-state index in [-0.39, 0.29) is 0 Å². The predicted octanol–water partition coefficient (Wildman–Crippen LogP) is 6.53. The molecule has 1 fully saturated rings. The van der Waals surface area contributed by atoms with Gasteiger partial charge in [0.25, 0.3) is 0 Å². The van der Waals surface area contributed by atoms with Gasteiger partial charge in [-0.3, -0.25) is 5.32 Å². The molecular formula is C26H30F3N3O4. The van der Waals surface area contributed by atoms with E-state index in [1.165, 1.54) is 0 Å². The van der Waals surface area contributed by atoms with Crippen molar-refractivity contribution in [1.29, 1.82) is 0 Å². The molecule has 0 radical (unpaired) electrons. The van der Waals surface area contributed by atoms with Crippen LogP contribution >= 0.6 is 0 Å². The van der Waals surface area contributed by atoms with Crippen LogP contribution in [0.25, 0.3) is 22.2 Å². The third kappa shape index (κ3) is 5.53. The first kappa shape index (κ1) is 25.7. The van der Waals surface area contributed by atoms with Crippen molar-refractivity contribution in [3.63, 3.8) is 0 Å². The molecule has 0 spiro atoms. The van der Waals surface area contributed by atoms with Gasteiger partial charge in [0.05, 0.1) is 23.5 Å². The molecule has 0 aliphatic heterocycles. The Labute approximate surface area is 207 Å². The smallest absolute Gasteiger partial charge is 0.425 e. The van der Waals surface area contributed by atoms with E-state index in [2.05, 4.69) is 14.6 Å². The van der Waals surface area contributed by atoms with Gasteiger partial charge in [0, 0.05) is 35.4 Å². The second kappa shape index (κ2) is 10.7. The number of benzene rings is 2. The quantitative estimate of drug-likeness (QED) is 0.323. The molecule has 4 rings (SSSR count). The Morgan fingerprint density at radius 3 is 2.50 bits per heavy atom. The zero-order chi connectivity index (χ0) is 25.9. The summed E-state index contributed by atoms with van der Waals surface area (Å²) in [6.45, 7) is 4.30. The van der Waals surface area contributed by atoms with Crippen LogP contribution in [0.15, 0.2) is 42.5 Å². The average molecular weight is 506 g/mol. The molecule has 1 aliphatic carbocycles. The highest BCUT2D eigenvalue weighted by molar-refractivity contribution is 6.01. The van der Waals surface area contributed by atoms with Crippen LogP contribution in [0, 0.1) is 0 Å². The normalized spacial score (nSPS) is 14.9. The summed E-state index contributed by atoms with van der Waals surface area (Å²) in [6.07, 6.45) is -4.80. The topological polar surface area (TPSA) is 87.7 Å². The number of hydrogen-bond donors (Lipinski definition) is 2. The highest BCUT2D eigenvalue weighted by Gasteiger charge is 2.39. The first-order chi connectivity index (χ1) is 17.2. The zero-order valence-corrected chi connectivity index (χ0v) is 20.2. The van der Waals surface area contributed by atoms with Gasteiger partial charge in [-0.1, -0.05) is 12.1 Å². The van der Waals surface area contributed by atoms with Crippen LogP contribution in [0.2, 0.25) is 0 Å². The number of rotatable bonds is 9. The molecule has 3 N–H and O–H groups in total. The Hall–Kier alpha value is -3.40. The van der Waals surface area contributed by atoms with Crippen LogP contribution in [-0.4, -0.2) is 42.8 Å². The van der Waals surface area contributed by atoms with E-state index in [0.29, 0.717) is 37.2 Å². The van der Waals surface area contributed by atoms with Crippen molar-refractivity contribution in [2.24, 2.45) is 0 Å². The van der Waals surface area contributed by atoms with Gasteiger partial charge >= 0.3 is 12.3 Å².